The van der Waals surface area contributed by atoms with Gasteiger partial charge in [0.25, 0.3) is 6.04 Å². The fraction of sp³-hybridized carbons (Fsp3) is 0.550. The van der Waals surface area contributed by atoms with Crippen molar-refractivity contribution in [2.45, 2.75) is 50.6 Å². The zero-order chi connectivity index (χ0) is 21.3. The highest BCUT2D eigenvalue weighted by Gasteiger charge is 2.44. The standard InChI is InChI=1S/C20H23ClN4O4S/c21-17-9-22-20(30-17)23-19(27)16(8-12-4-2-1-3-5-12)24-10-13-6-7-15(25(28)29)18(26)14(13)11-24/h6-7,9-10,12,14-16H,1-5,8,11H2,(H,22,23,27)/t14?,15-,16?/m0/s1. The molecule has 2 aliphatic carbocycles. The van der Waals surface area contributed by atoms with Crippen LogP contribution in [0.1, 0.15) is 38.5 Å². The van der Waals surface area contributed by atoms with Gasteiger partial charge in [-0.1, -0.05) is 61.1 Å². The highest BCUT2D eigenvalue weighted by atomic mass is 35.5. The Morgan fingerprint density at radius 1 is 1.40 bits per heavy atom. The van der Waals surface area contributed by atoms with E-state index in [1.165, 1.54) is 30.0 Å². The van der Waals surface area contributed by atoms with Crippen molar-refractivity contribution in [3.05, 3.63) is 44.6 Å². The summed E-state index contributed by atoms with van der Waals surface area (Å²) >= 11 is 7.12. The van der Waals surface area contributed by atoms with E-state index >= 15 is 0 Å². The minimum Gasteiger partial charge on any atom is -0.364 e. The number of aromatic nitrogens is 1. The first-order valence-electron chi connectivity index (χ1n) is 10.2. The zero-order valence-corrected chi connectivity index (χ0v) is 17.9. The molecule has 0 saturated heterocycles. The molecule has 3 atom stereocenters. The monoisotopic (exact) mass is 450 g/mol. The van der Waals surface area contributed by atoms with Gasteiger partial charge in [0.05, 0.1) is 12.1 Å². The predicted molar refractivity (Wildman–Crippen MR) is 114 cm³/mol. The maximum absolute atomic E-state index is 13.2. The number of amides is 1. The van der Waals surface area contributed by atoms with Crippen molar-refractivity contribution in [1.82, 2.24) is 9.88 Å². The van der Waals surface area contributed by atoms with Crippen molar-refractivity contribution >= 4 is 39.8 Å². The summed E-state index contributed by atoms with van der Waals surface area (Å²) in [6.07, 6.45) is 12.7. The number of anilines is 1. The van der Waals surface area contributed by atoms with E-state index in [9.17, 15) is 19.7 Å². The Morgan fingerprint density at radius 2 is 2.17 bits per heavy atom. The lowest BCUT2D eigenvalue weighted by Crippen LogP contribution is -2.44. The second kappa shape index (κ2) is 8.85. The molecule has 2 unspecified atom stereocenters. The number of fused-ring (bicyclic) bond motifs is 1. The number of thiazole rings is 1. The van der Waals surface area contributed by atoms with Crippen LogP contribution < -0.4 is 5.32 Å². The van der Waals surface area contributed by atoms with E-state index in [-0.39, 0.29) is 12.5 Å². The average Bonchev–Trinajstić information content (AvgIpc) is 3.33. The Bertz CT molecular complexity index is 908. The van der Waals surface area contributed by atoms with Gasteiger partial charge in [0.2, 0.25) is 11.7 Å². The van der Waals surface area contributed by atoms with Gasteiger partial charge in [-0.05, 0) is 24.0 Å². The van der Waals surface area contributed by atoms with Crippen LogP contribution in [0.25, 0.3) is 0 Å². The number of carbonyl (C=O) groups is 2. The molecular formula is C20H23ClN4O4S. The van der Waals surface area contributed by atoms with Crippen molar-refractivity contribution in [3.63, 3.8) is 0 Å². The Kier molecular flexibility index (Phi) is 6.19. The molecule has 0 aromatic carbocycles. The van der Waals surface area contributed by atoms with Crippen LogP contribution in [-0.2, 0) is 9.59 Å². The van der Waals surface area contributed by atoms with Gasteiger partial charge in [0.15, 0.2) is 5.13 Å². The highest BCUT2D eigenvalue weighted by molar-refractivity contribution is 7.19. The molecule has 8 nitrogen and oxygen atoms in total. The molecule has 1 fully saturated rings. The Labute approximate surface area is 183 Å². The second-order valence-electron chi connectivity index (χ2n) is 8.08. The number of nitro groups is 1. The number of rotatable bonds is 6. The molecule has 1 aliphatic heterocycles. The Morgan fingerprint density at radius 3 is 2.83 bits per heavy atom. The largest absolute Gasteiger partial charge is 0.364 e. The quantitative estimate of drug-likeness (QED) is 0.523. The summed E-state index contributed by atoms with van der Waals surface area (Å²) < 4.78 is 0.491. The van der Waals surface area contributed by atoms with Gasteiger partial charge in [-0.3, -0.25) is 19.7 Å². The molecule has 1 N–H and O–H groups in total. The molecule has 0 radical (unpaired) electrons. The zero-order valence-electron chi connectivity index (χ0n) is 16.3. The summed E-state index contributed by atoms with van der Waals surface area (Å²) in [6.45, 7) is 0.284. The van der Waals surface area contributed by atoms with Gasteiger partial charge < -0.3 is 10.2 Å². The summed E-state index contributed by atoms with van der Waals surface area (Å²) in [5.41, 5.74) is 0.733. The van der Waals surface area contributed by atoms with E-state index in [4.69, 9.17) is 11.6 Å². The number of allylic oxidation sites excluding steroid dienone is 1. The Hall–Kier alpha value is -2.26. The van der Waals surface area contributed by atoms with Crippen LogP contribution in [0.15, 0.2) is 30.1 Å². The SMILES string of the molecule is O=C(Nc1ncc(Cl)s1)C(CC1CCCCC1)N1C=C2C=C[C@H]([N+](=O)[O-])C(=O)C2C1. The van der Waals surface area contributed by atoms with Crippen LogP contribution in [0.4, 0.5) is 5.13 Å². The highest BCUT2D eigenvalue weighted by Crippen LogP contribution is 2.35. The number of Topliss-reactive ketones (excluding diaryl/α,β-unsaturated/α-hetero) is 1. The fourth-order valence-electron chi connectivity index (χ4n) is 4.59. The van der Waals surface area contributed by atoms with E-state index in [1.54, 1.807) is 6.08 Å². The van der Waals surface area contributed by atoms with Crippen molar-refractivity contribution < 1.29 is 14.5 Å². The predicted octanol–water partition coefficient (Wildman–Crippen LogP) is 3.67. The van der Waals surface area contributed by atoms with Crippen LogP contribution in [0, 0.1) is 22.0 Å². The summed E-state index contributed by atoms with van der Waals surface area (Å²) in [6, 6.07) is -1.78. The van der Waals surface area contributed by atoms with E-state index < -0.39 is 28.7 Å². The van der Waals surface area contributed by atoms with Gasteiger partial charge in [0.1, 0.15) is 10.4 Å². The minimum atomic E-state index is -1.31. The third-order valence-corrected chi connectivity index (χ3v) is 7.17. The van der Waals surface area contributed by atoms with Crippen molar-refractivity contribution in [2.24, 2.45) is 11.8 Å². The number of nitrogens with zero attached hydrogens (tertiary/aromatic N) is 3. The van der Waals surface area contributed by atoms with Gasteiger partial charge in [-0.15, -0.1) is 0 Å². The molecule has 3 aliphatic rings. The lowest BCUT2D eigenvalue weighted by atomic mass is 9.84. The van der Waals surface area contributed by atoms with E-state index in [0.29, 0.717) is 21.8 Å². The second-order valence-corrected chi connectivity index (χ2v) is 9.75. The molecule has 10 heteroatoms. The van der Waals surface area contributed by atoms with Crippen LogP contribution in [0.2, 0.25) is 4.34 Å². The first kappa shape index (κ1) is 21.0. The number of nitrogens with one attached hydrogen (secondary N) is 1. The molecule has 1 aromatic heterocycles. The fourth-order valence-corrected chi connectivity index (χ4v) is 5.41. The summed E-state index contributed by atoms with van der Waals surface area (Å²) in [7, 11) is 0. The van der Waals surface area contributed by atoms with E-state index in [2.05, 4.69) is 10.3 Å². The molecule has 1 aromatic rings. The molecular weight excluding hydrogens is 428 g/mol. The molecule has 0 bridgehead atoms. The van der Waals surface area contributed by atoms with Crippen molar-refractivity contribution in [1.29, 1.82) is 0 Å². The summed E-state index contributed by atoms with van der Waals surface area (Å²) in [5.74, 6) is -0.737. The first-order chi connectivity index (χ1) is 14.4. The van der Waals surface area contributed by atoms with E-state index in [0.717, 1.165) is 31.3 Å². The third kappa shape index (κ3) is 4.41. The number of halogens is 1. The van der Waals surface area contributed by atoms with Crippen LogP contribution in [0.3, 0.4) is 0 Å². The van der Waals surface area contributed by atoms with Crippen LogP contribution in [0.5, 0.6) is 0 Å². The molecule has 4 rings (SSSR count). The van der Waals surface area contributed by atoms with Gasteiger partial charge in [-0.2, -0.15) is 0 Å². The number of carbonyl (C=O) groups excluding carboxylic acids is 2. The number of hydrogen-bond donors (Lipinski definition) is 1. The lowest BCUT2D eigenvalue weighted by molar-refractivity contribution is -0.495. The Balaban J connectivity index is 1.53. The van der Waals surface area contributed by atoms with Crippen LogP contribution in [-0.4, -0.2) is 45.1 Å². The molecule has 160 valence electrons. The third-order valence-electron chi connectivity index (χ3n) is 6.14. The van der Waals surface area contributed by atoms with Gasteiger partial charge >= 0.3 is 0 Å². The molecule has 2 heterocycles. The normalized spacial score (nSPS) is 25.0. The lowest BCUT2D eigenvalue weighted by Gasteiger charge is -2.32. The smallest absolute Gasteiger partial charge is 0.289 e. The van der Waals surface area contributed by atoms with Crippen molar-refractivity contribution in [3.8, 4) is 0 Å². The number of ketones is 1. The summed E-state index contributed by atoms with van der Waals surface area (Å²) in [5, 5.41) is 14.5. The van der Waals surface area contributed by atoms with Crippen LogP contribution >= 0.6 is 22.9 Å². The number of hydrogen-bond acceptors (Lipinski definition) is 7. The maximum Gasteiger partial charge on any atom is 0.289 e. The van der Waals surface area contributed by atoms with Gasteiger partial charge in [0, 0.05) is 17.7 Å². The minimum absolute atomic E-state index is 0.190. The molecule has 1 saturated carbocycles. The average molecular weight is 451 g/mol. The topological polar surface area (TPSA) is 105 Å². The molecule has 1 amide bonds. The van der Waals surface area contributed by atoms with Gasteiger partial charge in [-0.25, -0.2) is 4.98 Å². The first-order valence-corrected chi connectivity index (χ1v) is 11.4. The molecule has 0 spiro atoms. The van der Waals surface area contributed by atoms with Crippen molar-refractivity contribution in [2.75, 3.05) is 11.9 Å². The maximum atomic E-state index is 13.2. The van der Waals surface area contributed by atoms with E-state index in [1.807, 2.05) is 11.1 Å². The molecule has 30 heavy (non-hydrogen) atoms. The summed E-state index contributed by atoms with van der Waals surface area (Å²) in [4.78, 5) is 42.3.